The molecule has 3 amide bonds. The van der Waals surface area contributed by atoms with Crippen LogP contribution in [0.2, 0.25) is 0 Å². The third kappa shape index (κ3) is 5.82. The van der Waals surface area contributed by atoms with E-state index in [0.717, 1.165) is 62.6 Å². The van der Waals surface area contributed by atoms with Gasteiger partial charge in [-0.1, -0.05) is 62.4 Å². The van der Waals surface area contributed by atoms with E-state index in [9.17, 15) is 14.4 Å². The van der Waals surface area contributed by atoms with Gasteiger partial charge in [-0.2, -0.15) is 4.99 Å². The molecule has 0 saturated heterocycles. The van der Waals surface area contributed by atoms with Gasteiger partial charge in [0.2, 0.25) is 11.8 Å². The van der Waals surface area contributed by atoms with Crippen LogP contribution in [0.15, 0.2) is 34.3 Å². The number of aliphatic imine (C=N–C) groups is 2. The van der Waals surface area contributed by atoms with E-state index in [4.69, 9.17) is 4.99 Å². The highest BCUT2D eigenvalue weighted by Crippen LogP contribution is 2.35. The molecule has 0 aromatic heterocycles. The third-order valence-electron chi connectivity index (χ3n) is 7.53. The van der Waals surface area contributed by atoms with Gasteiger partial charge in [0.05, 0.1) is 11.4 Å². The minimum atomic E-state index is -0.585. The molecule has 8 nitrogen and oxygen atoms in total. The van der Waals surface area contributed by atoms with Crippen LogP contribution in [0.5, 0.6) is 0 Å². The molecule has 2 aliphatic carbocycles. The van der Waals surface area contributed by atoms with Gasteiger partial charge in [-0.25, -0.2) is 4.99 Å². The molecule has 2 aliphatic heterocycles. The van der Waals surface area contributed by atoms with Crippen molar-refractivity contribution in [3.8, 4) is 0 Å². The Hall–Kier alpha value is -2.68. The Balaban J connectivity index is 1.26. The minimum absolute atomic E-state index is 0.0131. The summed E-state index contributed by atoms with van der Waals surface area (Å²) < 4.78 is 0. The van der Waals surface area contributed by atoms with Gasteiger partial charge < -0.3 is 10.6 Å². The second-order valence-electron chi connectivity index (χ2n) is 10.2. The van der Waals surface area contributed by atoms with E-state index in [0.29, 0.717) is 17.4 Å². The predicted octanol–water partition coefficient (Wildman–Crippen LogP) is 4.06. The smallest absolute Gasteiger partial charge is 0.270 e. The van der Waals surface area contributed by atoms with Crippen molar-refractivity contribution in [2.75, 3.05) is 5.75 Å². The lowest BCUT2D eigenvalue weighted by atomic mass is 9.95. The molecule has 36 heavy (non-hydrogen) atoms. The van der Waals surface area contributed by atoms with E-state index in [2.05, 4.69) is 15.6 Å². The fourth-order valence-electron chi connectivity index (χ4n) is 5.64. The van der Waals surface area contributed by atoms with Crippen LogP contribution in [-0.2, 0) is 14.4 Å². The van der Waals surface area contributed by atoms with E-state index < -0.39 is 6.04 Å². The average Bonchev–Trinajstić information content (AvgIpc) is 3.23. The van der Waals surface area contributed by atoms with Crippen molar-refractivity contribution >= 4 is 46.2 Å². The lowest BCUT2D eigenvalue weighted by molar-refractivity contribution is -0.123. The van der Waals surface area contributed by atoms with Gasteiger partial charge in [0.15, 0.2) is 5.17 Å². The monoisotopic (exact) mass is 509 g/mol. The number of carbonyl (C=O) groups is 3. The zero-order valence-corrected chi connectivity index (χ0v) is 21.5. The zero-order chi connectivity index (χ0) is 24.9. The fraction of sp³-hybridized carbons (Fsp3) is 0.593. The summed E-state index contributed by atoms with van der Waals surface area (Å²) in [6.07, 6.45) is 11.8. The summed E-state index contributed by atoms with van der Waals surface area (Å²) in [5.74, 6) is 0.509. The molecule has 0 bridgehead atoms. The van der Waals surface area contributed by atoms with E-state index in [1.807, 2.05) is 29.2 Å². The number of thioether (sulfide) groups is 1. The maximum atomic E-state index is 13.0. The van der Waals surface area contributed by atoms with Crippen molar-refractivity contribution in [3.63, 3.8) is 0 Å². The van der Waals surface area contributed by atoms with Gasteiger partial charge in [0.25, 0.3) is 5.91 Å². The van der Waals surface area contributed by atoms with Crippen LogP contribution in [-0.4, -0.2) is 57.5 Å². The number of nitrogens with zero attached hydrogens (tertiary/aromatic N) is 3. The van der Waals surface area contributed by atoms with Crippen LogP contribution >= 0.6 is 11.8 Å². The van der Waals surface area contributed by atoms with Crippen molar-refractivity contribution in [2.24, 2.45) is 9.98 Å². The molecular formula is C27H35N5O3S. The number of rotatable bonds is 7. The lowest BCUT2D eigenvalue weighted by Crippen LogP contribution is -2.45. The summed E-state index contributed by atoms with van der Waals surface area (Å²) in [4.78, 5) is 49.4. The molecule has 9 heteroatoms. The highest BCUT2D eigenvalue weighted by Gasteiger charge is 2.42. The summed E-state index contributed by atoms with van der Waals surface area (Å²) in [6.45, 7) is 0. The number of para-hydroxylation sites is 1. The van der Waals surface area contributed by atoms with Crippen LogP contribution in [0.25, 0.3) is 0 Å². The molecule has 2 saturated carbocycles. The van der Waals surface area contributed by atoms with Crippen molar-refractivity contribution < 1.29 is 14.4 Å². The highest BCUT2D eigenvalue weighted by molar-refractivity contribution is 8.14. The first-order valence-electron chi connectivity index (χ1n) is 13.4. The van der Waals surface area contributed by atoms with E-state index in [1.165, 1.54) is 24.6 Å². The maximum absolute atomic E-state index is 13.0. The summed E-state index contributed by atoms with van der Waals surface area (Å²) >= 11 is 1.33. The van der Waals surface area contributed by atoms with Crippen LogP contribution in [0.1, 0.15) is 82.6 Å². The molecule has 5 rings (SSSR count). The summed E-state index contributed by atoms with van der Waals surface area (Å²) in [5.41, 5.74) is 1.54. The second-order valence-corrected chi connectivity index (χ2v) is 11.1. The number of nitrogens with one attached hydrogen (secondary N) is 2. The number of hydrogen-bond donors (Lipinski definition) is 2. The number of carbonyl (C=O) groups excluding carboxylic acids is 3. The fourth-order valence-corrected chi connectivity index (χ4v) is 6.50. The predicted molar refractivity (Wildman–Crippen MR) is 142 cm³/mol. The molecule has 4 aliphatic rings. The minimum Gasteiger partial charge on any atom is -0.353 e. The first-order valence-corrected chi connectivity index (χ1v) is 14.4. The molecule has 1 aromatic rings. The van der Waals surface area contributed by atoms with Gasteiger partial charge in [0.1, 0.15) is 11.9 Å². The Labute approximate surface area is 216 Å². The van der Waals surface area contributed by atoms with Crippen molar-refractivity contribution in [1.82, 2.24) is 15.5 Å². The largest absolute Gasteiger partial charge is 0.353 e. The average molecular weight is 510 g/mol. The molecule has 2 fully saturated rings. The van der Waals surface area contributed by atoms with Gasteiger partial charge in [-0.05, 0) is 44.2 Å². The van der Waals surface area contributed by atoms with Crippen LogP contribution in [0, 0.1) is 0 Å². The lowest BCUT2D eigenvalue weighted by Gasteiger charge is -2.31. The Bertz CT molecular complexity index is 1060. The number of hydrogen-bond acceptors (Lipinski definition) is 6. The topological polar surface area (TPSA) is 103 Å². The van der Waals surface area contributed by atoms with Crippen LogP contribution in [0.4, 0.5) is 5.69 Å². The zero-order valence-electron chi connectivity index (χ0n) is 20.7. The molecule has 2 N–H and O–H groups in total. The molecular weight excluding hydrogens is 474 g/mol. The van der Waals surface area contributed by atoms with Gasteiger partial charge in [0, 0.05) is 24.1 Å². The summed E-state index contributed by atoms with van der Waals surface area (Å²) in [6, 6.07) is 7.52. The first-order chi connectivity index (χ1) is 17.6. The summed E-state index contributed by atoms with van der Waals surface area (Å²) in [7, 11) is 0. The van der Waals surface area contributed by atoms with Gasteiger partial charge >= 0.3 is 0 Å². The number of amidine groups is 2. The quantitative estimate of drug-likeness (QED) is 0.577. The molecule has 0 radical (unpaired) electrons. The highest BCUT2D eigenvalue weighted by atomic mass is 32.2. The molecule has 2 heterocycles. The normalized spacial score (nSPS) is 22.4. The molecule has 1 aromatic carbocycles. The SMILES string of the molecule is O=C(CCC1C(=O)N=C2c3ccccc3N=C(SCC(=O)NC3CCCCC3)N21)NC1CCCCC1. The van der Waals surface area contributed by atoms with Crippen molar-refractivity contribution in [3.05, 3.63) is 29.8 Å². The number of benzene rings is 1. The van der Waals surface area contributed by atoms with E-state index >= 15 is 0 Å². The number of amides is 3. The molecule has 192 valence electrons. The molecule has 1 unspecified atom stereocenters. The summed E-state index contributed by atoms with van der Waals surface area (Å²) in [5, 5.41) is 6.89. The van der Waals surface area contributed by atoms with E-state index in [-0.39, 0.29) is 42.0 Å². The van der Waals surface area contributed by atoms with E-state index in [1.54, 1.807) is 0 Å². The van der Waals surface area contributed by atoms with Crippen LogP contribution < -0.4 is 10.6 Å². The standard InChI is InChI=1S/C27H35N5O3S/c33-23(28-18-9-3-1-4-10-18)16-15-22-26(35)31-25-20-13-7-8-14-21(20)30-27(32(22)25)36-17-24(34)29-19-11-5-2-6-12-19/h7-8,13-14,18-19,22H,1-6,9-12,15-17H2,(H,28,33)(H,29,34). The first kappa shape index (κ1) is 25.0. The van der Waals surface area contributed by atoms with Crippen molar-refractivity contribution in [1.29, 1.82) is 0 Å². The van der Waals surface area contributed by atoms with Gasteiger partial charge in [-0.3, -0.25) is 19.3 Å². The number of fused-ring (bicyclic) bond motifs is 3. The van der Waals surface area contributed by atoms with Crippen LogP contribution in [0.3, 0.4) is 0 Å². The Morgan fingerprint density at radius 1 is 0.889 bits per heavy atom. The Morgan fingerprint density at radius 3 is 2.22 bits per heavy atom. The van der Waals surface area contributed by atoms with Gasteiger partial charge in [-0.15, -0.1) is 0 Å². The molecule has 0 spiro atoms. The third-order valence-corrected chi connectivity index (χ3v) is 8.48. The molecule has 1 atom stereocenters. The van der Waals surface area contributed by atoms with Crippen molar-refractivity contribution in [2.45, 2.75) is 95.2 Å². The maximum Gasteiger partial charge on any atom is 0.270 e. The Morgan fingerprint density at radius 2 is 1.53 bits per heavy atom. The second kappa shape index (κ2) is 11.6. The Kier molecular flexibility index (Phi) is 8.04.